The molecule has 2 N–H and O–H groups in total. The van der Waals surface area contributed by atoms with Crippen molar-refractivity contribution in [2.45, 2.75) is 68.2 Å². The highest BCUT2D eigenvalue weighted by molar-refractivity contribution is 6.36. The Hall–Kier alpha value is -3.80. The highest BCUT2D eigenvalue weighted by Gasteiger charge is 2.52. The topological polar surface area (TPSA) is 94.1 Å². The number of nitrogens with one attached hydrogen (secondary N) is 1. The van der Waals surface area contributed by atoms with Crippen molar-refractivity contribution < 1.29 is 23.4 Å². The number of carbonyl (C=O) groups excluding carboxylic acids is 1. The first-order chi connectivity index (χ1) is 22.8. The number of hydrogen-bond donors (Lipinski definition) is 2. The van der Waals surface area contributed by atoms with E-state index in [4.69, 9.17) is 21.3 Å². The molecule has 5 aliphatic heterocycles. The Morgan fingerprint density at radius 2 is 2.06 bits per heavy atom. The molecule has 9 nitrogen and oxygen atoms in total. The van der Waals surface area contributed by atoms with Gasteiger partial charge in [0.05, 0.1) is 11.2 Å². The molecule has 12 heteroatoms. The monoisotopic (exact) mass is 660 g/mol. The van der Waals surface area contributed by atoms with Gasteiger partial charge < -0.3 is 25.0 Å². The third-order valence-corrected chi connectivity index (χ3v) is 11.7. The molecule has 2 aromatic carbocycles. The number of aromatic hydroxyl groups is 1. The lowest BCUT2D eigenvalue weighted by molar-refractivity contribution is -0.120. The van der Waals surface area contributed by atoms with Crippen molar-refractivity contribution in [3.8, 4) is 22.9 Å². The first-order valence-electron chi connectivity index (χ1n) is 16.5. The van der Waals surface area contributed by atoms with Crippen LogP contribution in [0.3, 0.4) is 0 Å². The van der Waals surface area contributed by atoms with Gasteiger partial charge in [-0.15, -0.1) is 0 Å². The number of likely N-dealkylation sites (N-methyl/N-ethyl adjacent to an activating group) is 1. The summed E-state index contributed by atoms with van der Waals surface area (Å²) >= 11 is 6.62. The van der Waals surface area contributed by atoms with E-state index in [1.54, 1.807) is 42.4 Å². The van der Waals surface area contributed by atoms with E-state index in [-0.39, 0.29) is 59.0 Å². The molecule has 4 aromatic rings. The number of halogens is 3. The fourth-order valence-electron chi connectivity index (χ4n) is 9.21. The lowest BCUT2D eigenvalue weighted by Crippen LogP contribution is -2.66. The number of phenols is 1. The van der Waals surface area contributed by atoms with Gasteiger partial charge in [0.25, 0.3) is 5.91 Å². The molecule has 0 aliphatic carbocycles. The van der Waals surface area contributed by atoms with Gasteiger partial charge in [-0.05, 0) is 68.7 Å². The van der Waals surface area contributed by atoms with E-state index >= 15 is 4.39 Å². The van der Waals surface area contributed by atoms with Crippen molar-refractivity contribution in [2.24, 2.45) is 0 Å². The van der Waals surface area contributed by atoms with Crippen LogP contribution in [0.15, 0.2) is 36.5 Å². The van der Waals surface area contributed by atoms with Crippen LogP contribution < -0.4 is 19.9 Å². The number of fused-ring (bicyclic) bond motifs is 10. The second kappa shape index (κ2) is 10.6. The number of rotatable bonds is 5. The molecule has 5 unspecified atom stereocenters. The van der Waals surface area contributed by atoms with Crippen LogP contribution in [-0.4, -0.2) is 89.0 Å². The number of phenolic OH excluding ortho intramolecular Hbond substituents is 1. The quantitative estimate of drug-likeness (QED) is 0.287. The molecule has 7 heterocycles. The van der Waals surface area contributed by atoms with E-state index in [1.807, 2.05) is 0 Å². The fourth-order valence-corrected chi connectivity index (χ4v) is 9.50. The third kappa shape index (κ3) is 4.21. The second-order valence-corrected chi connectivity index (χ2v) is 14.2. The Balaban J connectivity index is 1.25. The number of hydrogen-bond acceptors (Lipinski definition) is 8. The molecule has 0 spiro atoms. The summed E-state index contributed by atoms with van der Waals surface area (Å²) in [5.41, 5.74) is 1.27. The van der Waals surface area contributed by atoms with E-state index in [0.29, 0.717) is 44.7 Å². The molecule has 0 radical (unpaired) electrons. The number of amides is 1. The first-order valence-corrected chi connectivity index (χ1v) is 16.9. The molecule has 4 fully saturated rings. The number of aromatic nitrogens is 2. The van der Waals surface area contributed by atoms with Gasteiger partial charge >= 0.3 is 0 Å². The molecule has 2 bridgehead atoms. The molecule has 244 valence electrons. The predicted molar refractivity (Wildman–Crippen MR) is 177 cm³/mol. The molecule has 47 heavy (non-hydrogen) atoms. The van der Waals surface area contributed by atoms with E-state index in [9.17, 15) is 14.3 Å². The van der Waals surface area contributed by atoms with Gasteiger partial charge in [0.1, 0.15) is 42.0 Å². The van der Waals surface area contributed by atoms with Gasteiger partial charge in [-0.2, -0.15) is 0 Å². The highest BCUT2D eigenvalue weighted by atomic mass is 35.5. The van der Waals surface area contributed by atoms with Crippen molar-refractivity contribution >= 4 is 50.6 Å². The van der Waals surface area contributed by atoms with Crippen LogP contribution in [0.1, 0.15) is 38.5 Å². The minimum absolute atomic E-state index is 0.00390. The van der Waals surface area contributed by atoms with E-state index in [0.717, 1.165) is 45.1 Å². The number of anilines is 2. The Morgan fingerprint density at radius 3 is 2.91 bits per heavy atom. The summed E-state index contributed by atoms with van der Waals surface area (Å²) in [6.07, 6.45) is 6.85. The first kappa shape index (κ1) is 29.3. The van der Waals surface area contributed by atoms with Crippen LogP contribution in [0, 0.1) is 5.82 Å². The molecule has 0 saturated carbocycles. The summed E-state index contributed by atoms with van der Waals surface area (Å²) in [5, 5.41) is 16.3. The number of piperazine rings is 1. The number of benzene rings is 2. The summed E-state index contributed by atoms with van der Waals surface area (Å²) in [5.74, 6) is -0.602. The zero-order valence-corrected chi connectivity index (χ0v) is 26.7. The molecule has 9 rings (SSSR count). The predicted octanol–water partition coefficient (Wildman–Crippen LogP) is 5.58. The average molecular weight is 661 g/mol. The maximum atomic E-state index is 17.0. The van der Waals surface area contributed by atoms with E-state index in [1.165, 1.54) is 6.07 Å². The molecule has 5 aliphatic rings. The summed E-state index contributed by atoms with van der Waals surface area (Å²) in [4.78, 5) is 29.4. The van der Waals surface area contributed by atoms with Crippen LogP contribution in [0.4, 0.5) is 20.2 Å². The largest absolute Gasteiger partial charge is 0.508 e. The zero-order chi connectivity index (χ0) is 32.2. The van der Waals surface area contributed by atoms with Crippen LogP contribution in [-0.2, 0) is 4.79 Å². The number of carbonyl (C=O) groups is 1. The highest BCUT2D eigenvalue weighted by Crippen LogP contribution is 2.51. The number of ether oxygens (including phenoxy) is 1. The zero-order valence-electron chi connectivity index (χ0n) is 26.0. The van der Waals surface area contributed by atoms with Gasteiger partial charge in [-0.1, -0.05) is 23.7 Å². The van der Waals surface area contributed by atoms with Gasteiger partial charge in [-0.3, -0.25) is 14.7 Å². The molecule has 5 atom stereocenters. The molecule has 4 saturated heterocycles. The van der Waals surface area contributed by atoms with Gasteiger partial charge in [0, 0.05) is 59.3 Å². The normalized spacial score (nSPS) is 28.3. The van der Waals surface area contributed by atoms with Gasteiger partial charge in [-0.25, -0.2) is 13.8 Å². The van der Waals surface area contributed by atoms with Crippen molar-refractivity contribution in [1.29, 1.82) is 0 Å². The second-order valence-electron chi connectivity index (χ2n) is 13.8. The Labute approximate surface area is 275 Å². The van der Waals surface area contributed by atoms with Crippen LogP contribution >= 0.6 is 11.6 Å². The van der Waals surface area contributed by atoms with Crippen molar-refractivity contribution in [1.82, 2.24) is 20.2 Å². The van der Waals surface area contributed by atoms with Crippen molar-refractivity contribution in [3.05, 3.63) is 47.4 Å². The summed E-state index contributed by atoms with van der Waals surface area (Å²) in [6.45, 7) is 1.26. The summed E-state index contributed by atoms with van der Waals surface area (Å²) < 4.78 is 37.6. The minimum atomic E-state index is -0.671. The standard InChI is InChI=1S/C35H35ClF2N6O3/c1-42-32-30(43-16-19-6-7-25(40-19)31(43)34(42)46)23-15-39-28(22-13-21(45)12-18-4-2-5-24(36)26(18)22)27(38)29(23)41-33(32)47-17-35-9-3-11-44(35)20(14-37)8-10-35/h2,4-5,12-13,15,19-20,25,31,40,45H,3,6-11,14,16-17H2,1H3. The van der Waals surface area contributed by atoms with Crippen LogP contribution in [0.5, 0.6) is 11.6 Å². The van der Waals surface area contributed by atoms with Crippen molar-refractivity contribution in [2.75, 3.05) is 43.2 Å². The number of alkyl halides is 1. The van der Waals surface area contributed by atoms with Crippen LogP contribution in [0.2, 0.25) is 5.02 Å². The minimum Gasteiger partial charge on any atom is -0.508 e. The SMILES string of the molecule is CN1C(=O)C2C3CCC(CN2c2c1c(OCC14CCCN1C(CF)CC4)nc1c(F)c(-c4cc(O)cc5cccc(Cl)c45)ncc21)N3. The Kier molecular flexibility index (Phi) is 6.62. The van der Waals surface area contributed by atoms with Gasteiger partial charge in [0.2, 0.25) is 5.88 Å². The number of pyridine rings is 2. The summed E-state index contributed by atoms with van der Waals surface area (Å²) in [7, 11) is 1.73. The Morgan fingerprint density at radius 1 is 1.19 bits per heavy atom. The maximum Gasteiger partial charge on any atom is 0.251 e. The maximum absolute atomic E-state index is 17.0. The van der Waals surface area contributed by atoms with Gasteiger partial charge in [0.15, 0.2) is 5.82 Å². The Bertz CT molecular complexity index is 1980. The van der Waals surface area contributed by atoms with E-state index < -0.39 is 18.5 Å². The lowest BCUT2D eigenvalue weighted by Gasteiger charge is -2.48. The number of nitrogens with zero attached hydrogens (tertiary/aromatic N) is 5. The lowest BCUT2D eigenvalue weighted by atomic mass is 9.95. The van der Waals surface area contributed by atoms with Crippen molar-refractivity contribution in [3.63, 3.8) is 0 Å². The fraction of sp³-hybridized carbons (Fsp3) is 0.457. The van der Waals surface area contributed by atoms with E-state index in [2.05, 4.69) is 20.1 Å². The molecular weight excluding hydrogens is 626 g/mol. The smallest absolute Gasteiger partial charge is 0.251 e. The molecular formula is C35H35ClF2N6O3. The third-order valence-electron chi connectivity index (χ3n) is 11.4. The van der Waals surface area contributed by atoms with Crippen LogP contribution in [0.25, 0.3) is 32.9 Å². The molecule has 1 amide bonds. The molecule has 2 aromatic heterocycles. The summed E-state index contributed by atoms with van der Waals surface area (Å²) in [6, 6.07) is 7.94. The average Bonchev–Trinajstić information content (AvgIpc) is 3.75.